The van der Waals surface area contributed by atoms with E-state index in [2.05, 4.69) is 0 Å². The van der Waals surface area contributed by atoms with Crippen LogP contribution in [0.15, 0.2) is 47.4 Å². The molecule has 0 heterocycles. The molecule has 0 radical (unpaired) electrons. The number of phenolic OH excluding ortho intramolecular Hbond substituents is 1. The van der Waals surface area contributed by atoms with Gasteiger partial charge < -0.3 is 9.29 Å². The number of hydrogen-bond donors (Lipinski definition) is 1. The summed E-state index contributed by atoms with van der Waals surface area (Å²) in [5.74, 6) is 0.0688. The lowest BCUT2D eigenvalue weighted by Gasteiger charge is -2.09. The summed E-state index contributed by atoms with van der Waals surface area (Å²) >= 11 is 1.94. The highest BCUT2D eigenvalue weighted by Crippen LogP contribution is 2.27. The Bertz CT molecular complexity index is 710. The fourth-order valence-corrected chi connectivity index (χ4v) is 3.04. The van der Waals surface area contributed by atoms with Crippen LogP contribution in [0.25, 0.3) is 0 Å². The Morgan fingerprint density at radius 2 is 1.84 bits per heavy atom. The van der Waals surface area contributed by atoms with Crippen LogP contribution in [-0.4, -0.2) is 13.5 Å². The summed E-state index contributed by atoms with van der Waals surface area (Å²) in [5, 5.41) is 9.54. The summed E-state index contributed by atoms with van der Waals surface area (Å²) in [7, 11) is -3.89. The second kappa shape index (κ2) is 5.38. The van der Waals surface area contributed by atoms with Crippen molar-refractivity contribution < 1.29 is 17.7 Å². The molecule has 0 unspecified atom stereocenters. The Morgan fingerprint density at radius 3 is 2.47 bits per heavy atom. The molecule has 2 aromatic rings. The van der Waals surface area contributed by atoms with Gasteiger partial charge >= 0.3 is 10.1 Å². The molecule has 0 saturated heterocycles. The number of aromatic hydroxyl groups is 1. The first-order valence-corrected chi connectivity index (χ1v) is 7.87. The second-order valence-electron chi connectivity index (χ2n) is 3.92. The quantitative estimate of drug-likeness (QED) is 0.647. The van der Waals surface area contributed by atoms with Gasteiger partial charge in [0.15, 0.2) is 0 Å². The zero-order chi connectivity index (χ0) is 14.0. The smallest absolute Gasteiger partial charge is 0.339 e. The minimum atomic E-state index is -3.89. The molecule has 0 atom stereocenters. The summed E-state index contributed by atoms with van der Waals surface area (Å²) in [4.78, 5) is 0.119. The summed E-state index contributed by atoms with van der Waals surface area (Å²) in [6.07, 6.45) is 0. The number of rotatable bonds is 3. The highest BCUT2D eigenvalue weighted by atomic mass is 127. The number of hydrogen-bond acceptors (Lipinski definition) is 4. The van der Waals surface area contributed by atoms with Crippen molar-refractivity contribution >= 4 is 32.7 Å². The molecule has 0 aliphatic rings. The third-order valence-corrected chi connectivity index (χ3v) is 4.81. The van der Waals surface area contributed by atoms with E-state index >= 15 is 0 Å². The second-order valence-corrected chi connectivity index (χ2v) is 6.59. The average Bonchev–Trinajstić information content (AvgIpc) is 2.34. The van der Waals surface area contributed by atoms with Gasteiger partial charge in [-0.05, 0) is 53.3 Å². The van der Waals surface area contributed by atoms with Crippen molar-refractivity contribution in [3.05, 3.63) is 51.6 Å². The Morgan fingerprint density at radius 1 is 1.16 bits per heavy atom. The van der Waals surface area contributed by atoms with Crippen LogP contribution in [0.2, 0.25) is 0 Å². The third-order valence-electron chi connectivity index (χ3n) is 2.49. The van der Waals surface area contributed by atoms with Crippen LogP contribution in [0.1, 0.15) is 5.56 Å². The standard InChI is InChI=1S/C13H11IO4S/c1-9-4-2-3-5-13(9)19(16,17)18-10-6-7-11(14)12(15)8-10/h2-8,15H,1H3. The molecule has 4 nitrogen and oxygen atoms in total. The van der Waals surface area contributed by atoms with Crippen LogP contribution < -0.4 is 4.18 Å². The molecule has 0 bridgehead atoms. The van der Waals surface area contributed by atoms with E-state index in [0.29, 0.717) is 9.13 Å². The molecule has 0 spiro atoms. The van der Waals surface area contributed by atoms with Crippen molar-refractivity contribution in [3.63, 3.8) is 0 Å². The van der Waals surface area contributed by atoms with Gasteiger partial charge in [0.1, 0.15) is 16.4 Å². The van der Waals surface area contributed by atoms with E-state index in [1.54, 1.807) is 31.2 Å². The number of halogens is 1. The highest BCUT2D eigenvalue weighted by Gasteiger charge is 2.19. The van der Waals surface area contributed by atoms with Crippen molar-refractivity contribution in [1.29, 1.82) is 0 Å². The summed E-state index contributed by atoms with van der Waals surface area (Å²) < 4.78 is 29.9. The lowest BCUT2D eigenvalue weighted by Crippen LogP contribution is -2.11. The number of benzene rings is 2. The van der Waals surface area contributed by atoms with E-state index < -0.39 is 10.1 Å². The molecule has 100 valence electrons. The molecular weight excluding hydrogens is 379 g/mol. The first kappa shape index (κ1) is 14.1. The van der Waals surface area contributed by atoms with Gasteiger partial charge in [0.25, 0.3) is 0 Å². The SMILES string of the molecule is Cc1ccccc1S(=O)(=O)Oc1ccc(I)c(O)c1. The maximum absolute atomic E-state index is 12.1. The molecule has 1 N–H and O–H groups in total. The van der Waals surface area contributed by atoms with Crippen LogP contribution in [-0.2, 0) is 10.1 Å². The predicted molar refractivity (Wildman–Crippen MR) is 79.8 cm³/mol. The van der Waals surface area contributed by atoms with Gasteiger partial charge in [0, 0.05) is 6.07 Å². The fraction of sp³-hybridized carbons (Fsp3) is 0.0769. The first-order chi connectivity index (χ1) is 8.90. The van der Waals surface area contributed by atoms with E-state index in [0.717, 1.165) is 0 Å². The molecule has 6 heteroatoms. The largest absolute Gasteiger partial charge is 0.507 e. The van der Waals surface area contributed by atoms with Crippen molar-refractivity contribution in [1.82, 2.24) is 0 Å². The molecule has 0 aliphatic heterocycles. The van der Waals surface area contributed by atoms with Crippen LogP contribution >= 0.6 is 22.6 Å². The van der Waals surface area contributed by atoms with Crippen LogP contribution in [0, 0.1) is 10.5 Å². The van der Waals surface area contributed by atoms with Crippen molar-refractivity contribution in [2.75, 3.05) is 0 Å². The van der Waals surface area contributed by atoms with E-state index in [9.17, 15) is 13.5 Å². The summed E-state index contributed by atoms with van der Waals surface area (Å²) in [6, 6.07) is 10.9. The van der Waals surface area contributed by atoms with E-state index in [-0.39, 0.29) is 16.4 Å². The lowest BCUT2D eigenvalue weighted by molar-refractivity contribution is 0.460. The number of phenols is 1. The topological polar surface area (TPSA) is 63.6 Å². The monoisotopic (exact) mass is 390 g/mol. The minimum Gasteiger partial charge on any atom is -0.507 e. The van der Waals surface area contributed by atoms with Gasteiger partial charge in [0.05, 0.1) is 3.57 Å². The van der Waals surface area contributed by atoms with Crippen LogP contribution in [0.4, 0.5) is 0 Å². The van der Waals surface area contributed by atoms with Crippen LogP contribution in [0.3, 0.4) is 0 Å². The fourth-order valence-electron chi connectivity index (χ4n) is 1.55. The van der Waals surface area contributed by atoms with Gasteiger partial charge in [-0.2, -0.15) is 8.42 Å². The van der Waals surface area contributed by atoms with Gasteiger partial charge in [-0.15, -0.1) is 0 Å². The molecule has 0 saturated carbocycles. The molecule has 2 rings (SSSR count). The van der Waals surface area contributed by atoms with Gasteiger partial charge in [-0.1, -0.05) is 18.2 Å². The average molecular weight is 390 g/mol. The van der Waals surface area contributed by atoms with E-state index in [4.69, 9.17) is 4.18 Å². The zero-order valence-electron chi connectivity index (χ0n) is 10.00. The Kier molecular flexibility index (Phi) is 4.00. The van der Waals surface area contributed by atoms with E-state index in [1.165, 1.54) is 18.2 Å². The van der Waals surface area contributed by atoms with Gasteiger partial charge in [-0.25, -0.2) is 0 Å². The lowest BCUT2D eigenvalue weighted by atomic mass is 10.2. The Labute approximate surface area is 125 Å². The molecule has 0 aromatic heterocycles. The molecule has 0 fully saturated rings. The molecule has 2 aromatic carbocycles. The molecule has 0 aliphatic carbocycles. The maximum Gasteiger partial charge on any atom is 0.339 e. The summed E-state index contributed by atoms with van der Waals surface area (Å²) in [5.41, 5.74) is 0.609. The minimum absolute atomic E-state index is 0.0157. The third kappa shape index (κ3) is 3.19. The van der Waals surface area contributed by atoms with Crippen molar-refractivity contribution in [3.8, 4) is 11.5 Å². The maximum atomic E-state index is 12.1. The van der Waals surface area contributed by atoms with Gasteiger partial charge in [-0.3, -0.25) is 0 Å². The number of aryl methyl sites for hydroxylation is 1. The van der Waals surface area contributed by atoms with Crippen molar-refractivity contribution in [2.45, 2.75) is 11.8 Å². The van der Waals surface area contributed by atoms with Crippen molar-refractivity contribution in [2.24, 2.45) is 0 Å². The Hall–Kier alpha value is -1.28. The molecular formula is C13H11IO4S. The van der Waals surface area contributed by atoms with E-state index in [1.807, 2.05) is 22.6 Å². The summed E-state index contributed by atoms with van der Waals surface area (Å²) in [6.45, 7) is 1.70. The first-order valence-electron chi connectivity index (χ1n) is 5.39. The normalized spacial score (nSPS) is 11.3. The van der Waals surface area contributed by atoms with Gasteiger partial charge in [0.2, 0.25) is 0 Å². The predicted octanol–water partition coefficient (Wildman–Crippen LogP) is 3.07. The molecule has 19 heavy (non-hydrogen) atoms. The molecule has 0 amide bonds. The van der Waals surface area contributed by atoms with Crippen LogP contribution in [0.5, 0.6) is 11.5 Å². The Balaban J connectivity index is 2.37. The zero-order valence-corrected chi connectivity index (χ0v) is 13.0. The highest BCUT2D eigenvalue weighted by molar-refractivity contribution is 14.1.